The molecule has 2 aliphatic rings. The minimum absolute atomic E-state index is 0.501. The number of hydrogen-bond acceptors (Lipinski definition) is 4. The zero-order chi connectivity index (χ0) is 13.8. The van der Waals surface area contributed by atoms with Crippen LogP contribution in [0.5, 0.6) is 0 Å². The summed E-state index contributed by atoms with van der Waals surface area (Å²) in [5.74, 6) is 6.89. The molecular weight excluding hydrogens is 268 g/mol. The normalized spacial score (nSPS) is 26.6. The quantitative estimate of drug-likeness (QED) is 0.485. The largest absolute Gasteiger partial charge is 0.392 e. The highest BCUT2D eigenvalue weighted by molar-refractivity contribution is 7.10. The summed E-state index contributed by atoms with van der Waals surface area (Å²) in [6.45, 7) is 5.89. The lowest BCUT2D eigenvalue weighted by molar-refractivity contribution is 0.171. The van der Waals surface area contributed by atoms with Gasteiger partial charge in [-0.2, -0.15) is 0 Å². The zero-order valence-electron chi connectivity index (χ0n) is 11.6. The van der Waals surface area contributed by atoms with Crippen LogP contribution < -0.4 is 0 Å². The summed E-state index contributed by atoms with van der Waals surface area (Å²) >= 11 is 1.66. The smallest absolute Gasteiger partial charge is 0.136 e. The van der Waals surface area contributed by atoms with Crippen LogP contribution >= 0.6 is 11.3 Å². The molecule has 2 atom stereocenters. The van der Waals surface area contributed by atoms with Crippen LogP contribution in [0.2, 0.25) is 0 Å². The monoisotopic (exact) mass is 286 g/mol. The fraction of sp³-hybridized carbons (Fsp3) is 0.438. The highest BCUT2D eigenvalue weighted by atomic mass is 32.1. The molecule has 4 heteroatoms. The average molecular weight is 286 g/mol. The predicted molar refractivity (Wildman–Crippen MR) is 82.9 cm³/mol. The third-order valence-corrected chi connectivity index (χ3v) is 4.46. The number of hydrogen-bond donors (Lipinski definition) is 0. The van der Waals surface area contributed by atoms with Crippen LogP contribution in [0.1, 0.15) is 18.2 Å². The Morgan fingerprint density at radius 2 is 2.60 bits per heavy atom. The van der Waals surface area contributed by atoms with E-state index in [0.29, 0.717) is 12.5 Å². The zero-order valence-corrected chi connectivity index (χ0v) is 12.4. The number of piperidine rings is 1. The van der Waals surface area contributed by atoms with Crippen LogP contribution in [-0.2, 0) is 4.84 Å². The molecule has 2 aliphatic heterocycles. The number of fused-ring (bicyclic) bond motifs is 2. The lowest BCUT2D eigenvalue weighted by Crippen LogP contribution is -2.23. The first-order valence-electron chi connectivity index (χ1n) is 6.94. The molecule has 1 aromatic heterocycles. The average Bonchev–Trinajstić information content (AvgIpc) is 3.17. The molecule has 0 aliphatic carbocycles. The van der Waals surface area contributed by atoms with Crippen LogP contribution in [0.4, 0.5) is 0 Å². The highest BCUT2D eigenvalue weighted by Gasteiger charge is 2.35. The van der Waals surface area contributed by atoms with Crippen molar-refractivity contribution >= 4 is 17.0 Å². The third-order valence-electron chi connectivity index (χ3n) is 3.68. The van der Waals surface area contributed by atoms with Gasteiger partial charge < -0.3 is 4.84 Å². The van der Waals surface area contributed by atoms with Gasteiger partial charge >= 0.3 is 0 Å². The Hall–Kier alpha value is -1.57. The van der Waals surface area contributed by atoms with E-state index in [1.807, 2.05) is 30.5 Å². The maximum absolute atomic E-state index is 5.40. The second-order valence-corrected chi connectivity index (χ2v) is 6.16. The van der Waals surface area contributed by atoms with Gasteiger partial charge in [-0.15, -0.1) is 11.3 Å². The number of rotatable bonds is 3. The van der Waals surface area contributed by atoms with E-state index in [0.717, 1.165) is 17.0 Å². The van der Waals surface area contributed by atoms with E-state index in [-0.39, 0.29) is 0 Å². The lowest BCUT2D eigenvalue weighted by Gasteiger charge is -2.12. The second kappa shape index (κ2) is 6.25. The van der Waals surface area contributed by atoms with Crippen molar-refractivity contribution in [1.82, 2.24) is 4.90 Å². The van der Waals surface area contributed by atoms with Crippen molar-refractivity contribution in [2.24, 2.45) is 11.1 Å². The lowest BCUT2D eigenvalue weighted by atomic mass is 10.0. The summed E-state index contributed by atoms with van der Waals surface area (Å²) in [5, 5.41) is 6.31. The van der Waals surface area contributed by atoms with Gasteiger partial charge in [0.05, 0.1) is 10.6 Å². The van der Waals surface area contributed by atoms with Crippen molar-refractivity contribution in [3.8, 4) is 11.8 Å². The molecule has 0 spiro atoms. The Morgan fingerprint density at radius 3 is 3.30 bits per heavy atom. The van der Waals surface area contributed by atoms with E-state index >= 15 is 0 Å². The Morgan fingerprint density at radius 1 is 1.65 bits per heavy atom. The first-order chi connectivity index (χ1) is 9.81. The molecule has 0 amide bonds. The fourth-order valence-corrected chi connectivity index (χ4v) is 3.12. The van der Waals surface area contributed by atoms with Crippen molar-refractivity contribution in [3.63, 3.8) is 0 Å². The van der Waals surface area contributed by atoms with Gasteiger partial charge in [-0.1, -0.05) is 23.1 Å². The molecule has 3 nitrogen and oxygen atoms in total. The van der Waals surface area contributed by atoms with Crippen molar-refractivity contribution in [3.05, 3.63) is 34.0 Å². The van der Waals surface area contributed by atoms with Gasteiger partial charge in [0.1, 0.15) is 6.61 Å². The van der Waals surface area contributed by atoms with E-state index < -0.39 is 0 Å². The molecular formula is C16H18N2OS. The SMILES string of the molecule is C/C(C#Cc1cccs1)=C/CO/N=C1\CN2CCC1C2. The van der Waals surface area contributed by atoms with Gasteiger partial charge in [0.25, 0.3) is 0 Å². The molecule has 2 bridgehead atoms. The summed E-state index contributed by atoms with van der Waals surface area (Å²) in [7, 11) is 0. The molecule has 0 saturated carbocycles. The van der Waals surface area contributed by atoms with E-state index in [4.69, 9.17) is 4.84 Å². The highest BCUT2D eigenvalue weighted by Crippen LogP contribution is 2.25. The fourth-order valence-electron chi connectivity index (χ4n) is 2.55. The van der Waals surface area contributed by atoms with Crippen LogP contribution in [0.3, 0.4) is 0 Å². The molecule has 1 aromatic rings. The molecule has 20 heavy (non-hydrogen) atoms. The van der Waals surface area contributed by atoms with E-state index in [2.05, 4.69) is 21.9 Å². The Bertz CT molecular complexity index is 577. The van der Waals surface area contributed by atoms with Crippen molar-refractivity contribution in [1.29, 1.82) is 0 Å². The Kier molecular flexibility index (Phi) is 4.19. The van der Waals surface area contributed by atoms with E-state index in [1.165, 1.54) is 25.2 Å². The van der Waals surface area contributed by atoms with Gasteiger partial charge in [-0.25, -0.2) is 0 Å². The molecule has 0 aromatic carbocycles. The summed E-state index contributed by atoms with van der Waals surface area (Å²) < 4.78 is 0. The first-order valence-corrected chi connectivity index (χ1v) is 7.82. The summed E-state index contributed by atoms with van der Waals surface area (Å²) in [5.41, 5.74) is 2.24. The number of allylic oxidation sites excluding steroid dienone is 1. The standard InChI is InChI=1S/C16H18N2OS/c1-13(4-5-15-3-2-10-20-15)7-9-19-17-16-12-18-8-6-14(16)11-18/h2-3,7,10,14H,6,8-9,11-12H2,1H3/b13-7-,17-16+. The summed E-state index contributed by atoms with van der Waals surface area (Å²) in [6.07, 6.45) is 3.22. The first kappa shape index (κ1) is 13.4. The topological polar surface area (TPSA) is 24.8 Å². The van der Waals surface area contributed by atoms with Crippen molar-refractivity contribution in [2.45, 2.75) is 13.3 Å². The van der Waals surface area contributed by atoms with E-state index in [9.17, 15) is 0 Å². The van der Waals surface area contributed by atoms with Crippen molar-refractivity contribution in [2.75, 3.05) is 26.2 Å². The Labute approximate surface area is 123 Å². The van der Waals surface area contributed by atoms with Crippen LogP contribution in [0.25, 0.3) is 0 Å². The molecule has 0 radical (unpaired) electrons. The van der Waals surface area contributed by atoms with Gasteiger partial charge in [-0.3, -0.25) is 4.90 Å². The Balaban J connectivity index is 1.47. The molecule has 2 unspecified atom stereocenters. The van der Waals surface area contributed by atoms with Crippen molar-refractivity contribution < 1.29 is 4.84 Å². The minimum atomic E-state index is 0.501. The van der Waals surface area contributed by atoms with Gasteiger partial charge in [0.15, 0.2) is 0 Å². The third kappa shape index (κ3) is 3.30. The minimum Gasteiger partial charge on any atom is -0.392 e. The maximum Gasteiger partial charge on any atom is 0.136 e. The molecule has 2 saturated heterocycles. The predicted octanol–water partition coefficient (Wildman–Crippen LogP) is 2.75. The van der Waals surface area contributed by atoms with Crippen LogP contribution in [0.15, 0.2) is 34.3 Å². The molecule has 0 N–H and O–H groups in total. The molecule has 3 rings (SSSR count). The van der Waals surface area contributed by atoms with Crippen LogP contribution in [0, 0.1) is 17.8 Å². The molecule has 2 fully saturated rings. The number of nitrogens with zero attached hydrogens (tertiary/aromatic N) is 2. The van der Waals surface area contributed by atoms with Crippen LogP contribution in [-0.4, -0.2) is 36.9 Å². The maximum atomic E-state index is 5.40. The van der Waals surface area contributed by atoms with Gasteiger partial charge in [-0.05, 0) is 43.0 Å². The number of thiophene rings is 1. The summed E-state index contributed by atoms with van der Waals surface area (Å²) in [4.78, 5) is 8.92. The van der Waals surface area contributed by atoms with E-state index in [1.54, 1.807) is 11.3 Å². The summed E-state index contributed by atoms with van der Waals surface area (Å²) in [6, 6.07) is 4.04. The van der Waals surface area contributed by atoms with Gasteiger partial charge in [0, 0.05) is 19.0 Å². The number of oxime groups is 1. The molecule has 3 heterocycles. The molecule has 104 valence electrons. The van der Waals surface area contributed by atoms with Gasteiger partial charge in [0.2, 0.25) is 0 Å². The second-order valence-electron chi connectivity index (χ2n) is 5.21.